The molecule has 5 rings (SSSR count). The lowest BCUT2D eigenvalue weighted by molar-refractivity contribution is -0.172. The van der Waals surface area contributed by atoms with Gasteiger partial charge in [0.25, 0.3) is 0 Å². The van der Waals surface area contributed by atoms with E-state index in [0.29, 0.717) is 38.2 Å². The van der Waals surface area contributed by atoms with Crippen molar-refractivity contribution in [3.8, 4) is 16.9 Å². The molecule has 1 amide bonds. The first-order valence-corrected chi connectivity index (χ1v) is 13.6. The zero-order valence-electron chi connectivity index (χ0n) is 20.8. The van der Waals surface area contributed by atoms with E-state index >= 15 is 0 Å². The first kappa shape index (κ1) is 24.7. The maximum absolute atomic E-state index is 13.4. The molecule has 3 aromatic rings. The van der Waals surface area contributed by atoms with Crippen molar-refractivity contribution in [2.45, 2.75) is 43.2 Å². The molecule has 2 aliphatic heterocycles. The molecule has 2 fully saturated rings. The van der Waals surface area contributed by atoms with Gasteiger partial charge in [0.15, 0.2) is 0 Å². The number of aromatic nitrogens is 1. The standard InChI is InChI=1S/C27H31N3O5S/c1-19(2)30-18-27(35-17-26(30)31)10-12-29(13-11-27)36(32,33)24-8-6-20(7-9-24)21-4-5-22-14-23(34-3)16-28-25(22)15-21/h4-9,14-16,19H,10-13,17-18H2,1-3H3. The molecular weight excluding hydrogens is 478 g/mol. The fraction of sp³-hybridized carbons (Fsp3) is 0.407. The van der Waals surface area contributed by atoms with Crippen LogP contribution >= 0.6 is 0 Å². The summed E-state index contributed by atoms with van der Waals surface area (Å²) in [6.07, 6.45) is 2.81. The van der Waals surface area contributed by atoms with Crippen LogP contribution in [-0.2, 0) is 19.6 Å². The minimum atomic E-state index is -3.63. The number of sulfonamides is 1. The quantitative estimate of drug-likeness (QED) is 0.521. The highest BCUT2D eigenvalue weighted by molar-refractivity contribution is 7.89. The van der Waals surface area contributed by atoms with Gasteiger partial charge in [-0.2, -0.15) is 4.31 Å². The van der Waals surface area contributed by atoms with Crippen LogP contribution in [0.15, 0.2) is 59.6 Å². The van der Waals surface area contributed by atoms with E-state index < -0.39 is 15.6 Å². The van der Waals surface area contributed by atoms with Crippen molar-refractivity contribution in [3.05, 3.63) is 54.7 Å². The number of morpholine rings is 1. The molecule has 0 saturated carbocycles. The van der Waals surface area contributed by atoms with Crippen LogP contribution in [0.4, 0.5) is 0 Å². The van der Waals surface area contributed by atoms with E-state index in [1.807, 2.05) is 55.1 Å². The van der Waals surface area contributed by atoms with Crippen molar-refractivity contribution in [1.82, 2.24) is 14.2 Å². The number of ether oxygens (including phenoxy) is 2. The highest BCUT2D eigenvalue weighted by Gasteiger charge is 2.44. The van der Waals surface area contributed by atoms with Gasteiger partial charge >= 0.3 is 0 Å². The number of methoxy groups -OCH3 is 1. The van der Waals surface area contributed by atoms with Crippen molar-refractivity contribution in [1.29, 1.82) is 0 Å². The maximum atomic E-state index is 13.4. The largest absolute Gasteiger partial charge is 0.495 e. The van der Waals surface area contributed by atoms with Crippen LogP contribution in [0.2, 0.25) is 0 Å². The Labute approximate surface area is 211 Å². The Morgan fingerprint density at radius 2 is 1.72 bits per heavy atom. The van der Waals surface area contributed by atoms with Gasteiger partial charge in [-0.3, -0.25) is 9.78 Å². The van der Waals surface area contributed by atoms with E-state index in [9.17, 15) is 13.2 Å². The second kappa shape index (κ2) is 9.46. The van der Waals surface area contributed by atoms with E-state index in [0.717, 1.165) is 22.0 Å². The molecule has 190 valence electrons. The van der Waals surface area contributed by atoms with Gasteiger partial charge in [-0.1, -0.05) is 24.3 Å². The van der Waals surface area contributed by atoms with E-state index in [-0.39, 0.29) is 23.5 Å². The molecule has 8 nitrogen and oxygen atoms in total. The number of pyridine rings is 1. The van der Waals surface area contributed by atoms with Gasteiger partial charge in [-0.25, -0.2) is 8.42 Å². The molecule has 1 spiro atoms. The van der Waals surface area contributed by atoms with Crippen molar-refractivity contribution in [2.75, 3.05) is 33.4 Å². The molecule has 0 radical (unpaired) electrons. The van der Waals surface area contributed by atoms with Gasteiger partial charge in [-0.15, -0.1) is 0 Å². The average Bonchev–Trinajstić information content (AvgIpc) is 2.90. The summed E-state index contributed by atoms with van der Waals surface area (Å²) in [5, 5.41) is 0.975. The molecule has 3 heterocycles. The lowest BCUT2D eigenvalue weighted by Crippen LogP contribution is -2.60. The van der Waals surface area contributed by atoms with E-state index in [1.165, 1.54) is 4.31 Å². The maximum Gasteiger partial charge on any atom is 0.248 e. The second-order valence-electron chi connectivity index (χ2n) is 9.80. The minimum absolute atomic E-state index is 0.00677. The number of piperidine rings is 1. The van der Waals surface area contributed by atoms with Gasteiger partial charge in [0.05, 0.1) is 35.9 Å². The smallest absolute Gasteiger partial charge is 0.248 e. The number of carbonyl (C=O) groups is 1. The van der Waals surface area contributed by atoms with Crippen LogP contribution in [0.1, 0.15) is 26.7 Å². The number of hydrogen-bond donors (Lipinski definition) is 0. The number of amides is 1. The molecule has 2 saturated heterocycles. The number of fused-ring (bicyclic) bond motifs is 1. The van der Waals surface area contributed by atoms with Crippen molar-refractivity contribution < 1.29 is 22.7 Å². The molecular formula is C27H31N3O5S. The summed E-state index contributed by atoms with van der Waals surface area (Å²) < 4.78 is 39.4. The Bertz CT molecular complexity index is 1380. The van der Waals surface area contributed by atoms with Crippen LogP contribution in [0.25, 0.3) is 22.0 Å². The summed E-state index contributed by atoms with van der Waals surface area (Å²) in [5.74, 6) is 0.696. The van der Waals surface area contributed by atoms with Crippen molar-refractivity contribution in [2.24, 2.45) is 0 Å². The molecule has 0 N–H and O–H groups in total. The number of hydrogen-bond acceptors (Lipinski definition) is 6. The summed E-state index contributed by atoms with van der Waals surface area (Å²) >= 11 is 0. The topological polar surface area (TPSA) is 89.0 Å². The molecule has 9 heteroatoms. The first-order valence-electron chi connectivity index (χ1n) is 12.2. The summed E-state index contributed by atoms with van der Waals surface area (Å²) in [7, 11) is -2.02. The Morgan fingerprint density at radius 1 is 1.03 bits per heavy atom. The number of benzene rings is 2. The van der Waals surface area contributed by atoms with Crippen LogP contribution in [-0.4, -0.2) is 73.5 Å². The highest BCUT2D eigenvalue weighted by atomic mass is 32.2. The lowest BCUT2D eigenvalue weighted by Gasteiger charge is -2.47. The Balaban J connectivity index is 1.30. The zero-order valence-corrected chi connectivity index (χ0v) is 21.6. The molecule has 1 aromatic heterocycles. The summed E-state index contributed by atoms with van der Waals surface area (Å²) in [5.41, 5.74) is 2.25. The van der Waals surface area contributed by atoms with Gasteiger partial charge in [0.2, 0.25) is 15.9 Å². The van der Waals surface area contributed by atoms with E-state index in [4.69, 9.17) is 9.47 Å². The molecule has 0 bridgehead atoms. The third-order valence-corrected chi connectivity index (χ3v) is 9.17. The Morgan fingerprint density at radius 3 is 2.39 bits per heavy atom. The monoisotopic (exact) mass is 509 g/mol. The van der Waals surface area contributed by atoms with Crippen LogP contribution < -0.4 is 4.74 Å². The molecule has 0 unspecified atom stereocenters. The second-order valence-corrected chi connectivity index (χ2v) is 11.7. The molecule has 2 aromatic carbocycles. The van der Waals surface area contributed by atoms with Gasteiger partial charge in [-0.05, 0) is 62.1 Å². The fourth-order valence-electron chi connectivity index (χ4n) is 5.01. The van der Waals surface area contributed by atoms with Gasteiger partial charge < -0.3 is 14.4 Å². The summed E-state index contributed by atoms with van der Waals surface area (Å²) in [4.78, 5) is 18.7. The third-order valence-electron chi connectivity index (χ3n) is 7.26. The molecule has 0 aliphatic carbocycles. The lowest BCUT2D eigenvalue weighted by atomic mass is 9.90. The summed E-state index contributed by atoms with van der Waals surface area (Å²) in [6, 6.07) is 15.0. The third kappa shape index (κ3) is 4.58. The Kier molecular flexibility index (Phi) is 6.48. The van der Waals surface area contributed by atoms with E-state index in [2.05, 4.69) is 4.98 Å². The SMILES string of the molecule is COc1cnc2cc(-c3ccc(S(=O)(=O)N4CCC5(CC4)CN(C(C)C)C(=O)CO5)cc3)ccc2c1. The molecule has 36 heavy (non-hydrogen) atoms. The predicted molar refractivity (Wildman–Crippen MR) is 137 cm³/mol. The van der Waals surface area contributed by atoms with Crippen LogP contribution in [0, 0.1) is 0 Å². The van der Waals surface area contributed by atoms with Gasteiger partial charge in [0.1, 0.15) is 12.4 Å². The minimum Gasteiger partial charge on any atom is -0.495 e. The number of rotatable bonds is 5. The zero-order chi connectivity index (χ0) is 25.5. The Hall–Kier alpha value is -3.01. The first-order chi connectivity index (χ1) is 17.2. The predicted octanol–water partition coefficient (Wildman–Crippen LogP) is 3.70. The fourth-order valence-corrected chi connectivity index (χ4v) is 6.45. The summed E-state index contributed by atoms with van der Waals surface area (Å²) in [6.45, 7) is 5.29. The van der Waals surface area contributed by atoms with Crippen molar-refractivity contribution in [3.63, 3.8) is 0 Å². The van der Waals surface area contributed by atoms with Gasteiger partial charge in [0, 0.05) is 24.5 Å². The molecule has 2 aliphatic rings. The van der Waals surface area contributed by atoms with Crippen molar-refractivity contribution >= 4 is 26.8 Å². The number of nitrogens with zero attached hydrogens (tertiary/aromatic N) is 3. The normalized spacial score (nSPS) is 18.8. The highest BCUT2D eigenvalue weighted by Crippen LogP contribution is 2.34. The van der Waals surface area contributed by atoms with E-state index in [1.54, 1.807) is 25.4 Å². The average molecular weight is 510 g/mol. The molecule has 0 atom stereocenters. The van der Waals surface area contributed by atoms with Crippen LogP contribution in [0.5, 0.6) is 5.75 Å². The number of carbonyl (C=O) groups excluding carboxylic acids is 1. The van der Waals surface area contributed by atoms with Crippen LogP contribution in [0.3, 0.4) is 0 Å².